The minimum absolute atomic E-state index is 0.0297. The fourth-order valence-corrected chi connectivity index (χ4v) is 3.26. The molecular formula is C14H21O4P. The Kier molecular flexibility index (Phi) is 7.03. The molecule has 1 atom stereocenters. The highest BCUT2D eigenvalue weighted by molar-refractivity contribution is 7.53. The van der Waals surface area contributed by atoms with Gasteiger partial charge >= 0.3 is 7.60 Å². The summed E-state index contributed by atoms with van der Waals surface area (Å²) in [6.45, 7) is 4.09. The molecule has 0 aliphatic carbocycles. The quantitative estimate of drug-likeness (QED) is 0.744. The third kappa shape index (κ3) is 6.17. The maximum absolute atomic E-state index is 12.2. The van der Waals surface area contributed by atoms with Crippen LogP contribution in [0, 0.1) is 0 Å². The van der Waals surface area contributed by atoms with E-state index >= 15 is 0 Å². The molecule has 106 valence electrons. The Hall–Kier alpha value is -0.930. The lowest BCUT2D eigenvalue weighted by Gasteiger charge is -2.18. The molecule has 0 aliphatic rings. The van der Waals surface area contributed by atoms with E-state index in [0.717, 1.165) is 5.56 Å². The van der Waals surface area contributed by atoms with E-state index < -0.39 is 13.7 Å². The van der Waals surface area contributed by atoms with Crippen molar-refractivity contribution >= 4 is 13.7 Å². The number of hydrogen-bond donors (Lipinski definition) is 1. The lowest BCUT2D eigenvalue weighted by atomic mass is 10.2. The van der Waals surface area contributed by atoms with Gasteiger partial charge in [0.25, 0.3) is 0 Å². The van der Waals surface area contributed by atoms with Crippen LogP contribution in [0.1, 0.15) is 19.4 Å². The Morgan fingerprint density at radius 2 is 1.79 bits per heavy atom. The molecule has 0 radical (unpaired) electrons. The number of rotatable bonds is 8. The summed E-state index contributed by atoms with van der Waals surface area (Å²) in [5.74, 6) is 0. The van der Waals surface area contributed by atoms with Crippen molar-refractivity contribution in [3.8, 4) is 0 Å². The summed E-state index contributed by atoms with van der Waals surface area (Å²) in [6.07, 6.45) is 2.49. The topological polar surface area (TPSA) is 55.8 Å². The Morgan fingerprint density at radius 1 is 1.21 bits per heavy atom. The number of hydrogen-bond acceptors (Lipinski definition) is 4. The zero-order valence-corrected chi connectivity index (χ0v) is 12.3. The lowest BCUT2D eigenvalue weighted by molar-refractivity contribution is 0.194. The van der Waals surface area contributed by atoms with Gasteiger partial charge < -0.3 is 14.2 Å². The summed E-state index contributed by atoms with van der Waals surface area (Å²) in [7, 11) is -3.20. The Morgan fingerprint density at radius 3 is 2.32 bits per heavy atom. The number of aliphatic hydroxyl groups excluding tert-OH is 1. The molecule has 0 saturated carbocycles. The van der Waals surface area contributed by atoms with Crippen LogP contribution in [0.3, 0.4) is 0 Å². The van der Waals surface area contributed by atoms with Crippen LogP contribution in [0.5, 0.6) is 0 Å². The standard InChI is InChI=1S/C14H21O4P/c1-3-17-19(16,18-4-2)12-14(15)11-10-13-8-6-5-7-9-13/h5-11,14-15H,3-4,12H2,1-2H3/b11-10+. The molecule has 1 unspecified atom stereocenters. The maximum atomic E-state index is 12.2. The van der Waals surface area contributed by atoms with Gasteiger partial charge in [-0.05, 0) is 19.4 Å². The van der Waals surface area contributed by atoms with Crippen molar-refractivity contribution < 1.29 is 18.7 Å². The third-order valence-corrected chi connectivity index (χ3v) is 4.50. The summed E-state index contributed by atoms with van der Waals surface area (Å²) >= 11 is 0. The first-order valence-electron chi connectivity index (χ1n) is 6.39. The number of aliphatic hydroxyl groups is 1. The van der Waals surface area contributed by atoms with E-state index in [1.54, 1.807) is 26.0 Å². The van der Waals surface area contributed by atoms with Crippen LogP contribution in [-0.2, 0) is 13.6 Å². The zero-order chi connectivity index (χ0) is 14.1. The second-order valence-corrected chi connectivity index (χ2v) is 6.07. The van der Waals surface area contributed by atoms with Gasteiger partial charge in [0, 0.05) is 0 Å². The van der Waals surface area contributed by atoms with E-state index in [1.165, 1.54) is 0 Å². The minimum Gasteiger partial charge on any atom is -0.388 e. The van der Waals surface area contributed by atoms with Crippen molar-refractivity contribution in [3.05, 3.63) is 42.0 Å². The second-order valence-electron chi connectivity index (χ2n) is 3.97. The minimum atomic E-state index is -3.20. The van der Waals surface area contributed by atoms with Crippen molar-refractivity contribution in [2.75, 3.05) is 19.4 Å². The highest BCUT2D eigenvalue weighted by atomic mass is 31.2. The summed E-state index contributed by atoms with van der Waals surface area (Å²) in [5, 5.41) is 9.88. The Bertz CT molecular complexity index is 420. The summed E-state index contributed by atoms with van der Waals surface area (Å²) in [4.78, 5) is 0. The van der Waals surface area contributed by atoms with Crippen LogP contribution in [0.4, 0.5) is 0 Å². The molecule has 1 aromatic carbocycles. The summed E-state index contributed by atoms with van der Waals surface area (Å²) < 4.78 is 22.5. The highest BCUT2D eigenvalue weighted by Gasteiger charge is 2.26. The second kappa shape index (κ2) is 8.28. The maximum Gasteiger partial charge on any atom is 0.333 e. The van der Waals surface area contributed by atoms with Crippen LogP contribution in [0.15, 0.2) is 36.4 Å². The molecule has 4 nitrogen and oxygen atoms in total. The van der Waals surface area contributed by atoms with E-state index in [9.17, 15) is 9.67 Å². The normalized spacial score (nSPS) is 13.8. The third-order valence-electron chi connectivity index (χ3n) is 2.37. The van der Waals surface area contributed by atoms with Gasteiger partial charge in [-0.3, -0.25) is 4.57 Å². The molecular weight excluding hydrogens is 263 g/mol. The molecule has 19 heavy (non-hydrogen) atoms. The molecule has 0 fully saturated rings. The van der Waals surface area contributed by atoms with Gasteiger partial charge in [0.05, 0.1) is 25.5 Å². The van der Waals surface area contributed by atoms with Gasteiger partial charge in [-0.1, -0.05) is 42.5 Å². The van der Waals surface area contributed by atoms with Gasteiger partial charge in [0.1, 0.15) is 0 Å². The average molecular weight is 284 g/mol. The predicted octanol–water partition coefficient (Wildman–Crippen LogP) is 3.33. The smallest absolute Gasteiger partial charge is 0.333 e. The summed E-state index contributed by atoms with van der Waals surface area (Å²) in [5.41, 5.74) is 0.976. The van der Waals surface area contributed by atoms with Gasteiger partial charge in [-0.15, -0.1) is 0 Å². The van der Waals surface area contributed by atoms with E-state index in [1.807, 2.05) is 30.3 Å². The first-order valence-corrected chi connectivity index (χ1v) is 8.12. The first kappa shape index (κ1) is 16.1. The van der Waals surface area contributed by atoms with Crippen LogP contribution in [0.25, 0.3) is 6.08 Å². The highest BCUT2D eigenvalue weighted by Crippen LogP contribution is 2.48. The van der Waals surface area contributed by atoms with E-state index in [4.69, 9.17) is 9.05 Å². The SMILES string of the molecule is CCOP(=O)(CC(O)/C=C/c1ccccc1)OCC. The Balaban J connectivity index is 2.60. The van der Waals surface area contributed by atoms with Crippen molar-refractivity contribution in [3.63, 3.8) is 0 Å². The molecule has 0 saturated heterocycles. The van der Waals surface area contributed by atoms with E-state index in [-0.39, 0.29) is 6.16 Å². The van der Waals surface area contributed by atoms with Crippen LogP contribution in [-0.4, -0.2) is 30.6 Å². The van der Waals surface area contributed by atoms with Crippen LogP contribution >= 0.6 is 7.60 Å². The van der Waals surface area contributed by atoms with Gasteiger partial charge in [-0.2, -0.15) is 0 Å². The fourth-order valence-electron chi connectivity index (χ4n) is 1.61. The number of benzene rings is 1. The molecule has 1 rings (SSSR count). The monoisotopic (exact) mass is 284 g/mol. The predicted molar refractivity (Wildman–Crippen MR) is 77.2 cm³/mol. The zero-order valence-electron chi connectivity index (χ0n) is 11.4. The van der Waals surface area contributed by atoms with Crippen LogP contribution in [0.2, 0.25) is 0 Å². The summed E-state index contributed by atoms with van der Waals surface area (Å²) in [6, 6.07) is 9.60. The Labute approximate surface area is 114 Å². The van der Waals surface area contributed by atoms with Crippen molar-refractivity contribution in [1.82, 2.24) is 0 Å². The molecule has 0 spiro atoms. The van der Waals surface area contributed by atoms with Crippen molar-refractivity contribution in [2.45, 2.75) is 20.0 Å². The molecule has 5 heteroatoms. The van der Waals surface area contributed by atoms with E-state index in [0.29, 0.717) is 13.2 Å². The van der Waals surface area contributed by atoms with Gasteiger partial charge in [0.15, 0.2) is 0 Å². The van der Waals surface area contributed by atoms with Crippen molar-refractivity contribution in [2.24, 2.45) is 0 Å². The largest absolute Gasteiger partial charge is 0.388 e. The molecule has 0 aromatic heterocycles. The van der Waals surface area contributed by atoms with Gasteiger partial charge in [-0.25, -0.2) is 0 Å². The van der Waals surface area contributed by atoms with Gasteiger partial charge in [0.2, 0.25) is 0 Å². The molecule has 0 heterocycles. The van der Waals surface area contributed by atoms with E-state index in [2.05, 4.69) is 0 Å². The molecule has 0 aliphatic heterocycles. The lowest BCUT2D eigenvalue weighted by Crippen LogP contribution is -2.12. The average Bonchev–Trinajstić information content (AvgIpc) is 2.38. The molecule has 0 amide bonds. The molecule has 1 aromatic rings. The molecule has 0 bridgehead atoms. The van der Waals surface area contributed by atoms with Crippen LogP contribution < -0.4 is 0 Å². The first-order chi connectivity index (χ1) is 9.09. The van der Waals surface area contributed by atoms with Crippen molar-refractivity contribution in [1.29, 1.82) is 0 Å². The molecule has 1 N–H and O–H groups in total. The fraction of sp³-hybridized carbons (Fsp3) is 0.429.